The second-order valence-electron chi connectivity index (χ2n) is 6.46. The van der Waals surface area contributed by atoms with E-state index >= 15 is 0 Å². The number of benzene rings is 1. The summed E-state index contributed by atoms with van der Waals surface area (Å²) in [6, 6.07) is 11.7. The number of carboxylic acid groups (broad SMARTS) is 1. The minimum atomic E-state index is -2.83. The van der Waals surface area contributed by atoms with E-state index in [2.05, 4.69) is 15.4 Å². The number of amides is 2. The number of anilines is 1. The van der Waals surface area contributed by atoms with Crippen LogP contribution in [0.5, 0.6) is 0 Å². The minimum Gasteiger partial charge on any atom is -0.465 e. The van der Waals surface area contributed by atoms with Gasteiger partial charge in [0.25, 0.3) is 17.8 Å². The van der Waals surface area contributed by atoms with Gasteiger partial charge in [0.05, 0.1) is 12.2 Å². The number of likely N-dealkylation sites (tertiary alicyclic amines) is 1. The molecule has 0 aliphatic carbocycles. The van der Waals surface area contributed by atoms with Crippen molar-refractivity contribution in [1.82, 2.24) is 19.5 Å². The summed E-state index contributed by atoms with van der Waals surface area (Å²) < 4.78 is 28.1. The number of carbonyl (C=O) groups is 2. The molecule has 3 aromatic rings. The lowest BCUT2D eigenvalue weighted by atomic mass is 10.1. The summed E-state index contributed by atoms with van der Waals surface area (Å²) in [5.41, 5.74) is 2.11. The van der Waals surface area contributed by atoms with Crippen LogP contribution in [0.25, 0.3) is 16.9 Å². The first-order chi connectivity index (χ1) is 13.3. The predicted molar refractivity (Wildman–Crippen MR) is 95.5 cm³/mol. The maximum Gasteiger partial charge on any atom is 0.411 e. The fourth-order valence-corrected chi connectivity index (χ4v) is 3.15. The molecule has 1 aromatic carbocycles. The average Bonchev–Trinajstić information content (AvgIpc) is 3.22. The van der Waals surface area contributed by atoms with Gasteiger partial charge in [0.1, 0.15) is 0 Å². The lowest BCUT2D eigenvalue weighted by Crippen LogP contribution is -2.31. The third-order valence-electron chi connectivity index (χ3n) is 4.46. The Balaban J connectivity index is 1.61. The third kappa shape index (κ3) is 3.36. The van der Waals surface area contributed by atoms with E-state index in [9.17, 15) is 18.4 Å². The van der Waals surface area contributed by atoms with Gasteiger partial charge in [-0.25, -0.2) is 18.1 Å². The molecule has 3 heterocycles. The van der Waals surface area contributed by atoms with Gasteiger partial charge in [0.15, 0.2) is 5.65 Å². The summed E-state index contributed by atoms with van der Waals surface area (Å²) in [5.74, 6) is -3.32. The van der Waals surface area contributed by atoms with Crippen molar-refractivity contribution in [3.05, 3.63) is 48.0 Å². The number of pyridine rings is 1. The van der Waals surface area contributed by atoms with E-state index in [1.54, 1.807) is 42.5 Å². The zero-order valence-electron chi connectivity index (χ0n) is 14.5. The number of fused-ring (bicyclic) bond motifs is 1. The zero-order valence-corrected chi connectivity index (χ0v) is 14.5. The van der Waals surface area contributed by atoms with E-state index in [1.807, 2.05) is 0 Å². The van der Waals surface area contributed by atoms with Crippen LogP contribution in [0.2, 0.25) is 0 Å². The predicted octanol–water partition coefficient (Wildman–Crippen LogP) is 2.97. The highest BCUT2D eigenvalue weighted by Crippen LogP contribution is 2.28. The van der Waals surface area contributed by atoms with E-state index in [-0.39, 0.29) is 18.9 Å². The molecule has 4 rings (SSSR count). The lowest BCUT2D eigenvalue weighted by molar-refractivity contribution is 0.0120. The molecule has 10 heteroatoms. The Bertz CT molecular complexity index is 1060. The summed E-state index contributed by atoms with van der Waals surface area (Å²) in [6.45, 7) is -0.531. The highest BCUT2D eigenvalue weighted by molar-refractivity contribution is 5.95. The van der Waals surface area contributed by atoms with Crippen LogP contribution in [0.15, 0.2) is 42.5 Å². The van der Waals surface area contributed by atoms with Crippen LogP contribution in [0, 0.1) is 0 Å². The van der Waals surface area contributed by atoms with E-state index in [0.29, 0.717) is 22.5 Å². The fourth-order valence-electron chi connectivity index (χ4n) is 3.15. The minimum absolute atomic E-state index is 0.0329. The standard InChI is InChI=1S/C18H15F2N5O3/c19-18(20)8-9-24(10-18)15(26)12-6-4-11(5-7-12)13-2-1-3-14-21-16(22-17(27)28)23-25(13)14/h1-7H,8-10H2,(H,22,23)(H,27,28). The molecule has 8 nitrogen and oxygen atoms in total. The number of hydrogen-bond donors (Lipinski definition) is 2. The normalized spacial score (nSPS) is 15.7. The number of alkyl halides is 2. The Morgan fingerprint density at radius 3 is 2.54 bits per heavy atom. The van der Waals surface area contributed by atoms with Gasteiger partial charge < -0.3 is 10.0 Å². The Kier molecular flexibility index (Phi) is 4.17. The van der Waals surface area contributed by atoms with Crippen molar-refractivity contribution >= 4 is 23.6 Å². The Morgan fingerprint density at radius 1 is 1.14 bits per heavy atom. The van der Waals surface area contributed by atoms with Gasteiger partial charge in [-0.2, -0.15) is 4.98 Å². The van der Waals surface area contributed by atoms with E-state index in [0.717, 1.165) is 4.90 Å². The molecule has 2 amide bonds. The number of carbonyl (C=O) groups excluding carboxylic acids is 1. The number of aromatic nitrogens is 3. The smallest absolute Gasteiger partial charge is 0.411 e. The molecule has 0 saturated carbocycles. The highest BCUT2D eigenvalue weighted by atomic mass is 19.3. The van der Waals surface area contributed by atoms with Crippen LogP contribution in [0.1, 0.15) is 16.8 Å². The first-order valence-corrected chi connectivity index (χ1v) is 8.46. The molecule has 1 saturated heterocycles. The summed E-state index contributed by atoms with van der Waals surface area (Å²) in [4.78, 5) is 28.4. The van der Waals surface area contributed by atoms with Crippen LogP contribution < -0.4 is 5.32 Å². The van der Waals surface area contributed by atoms with Crippen molar-refractivity contribution in [2.24, 2.45) is 0 Å². The van der Waals surface area contributed by atoms with Crippen molar-refractivity contribution in [1.29, 1.82) is 0 Å². The summed E-state index contributed by atoms with van der Waals surface area (Å²) >= 11 is 0. The SMILES string of the molecule is O=C(O)Nc1nc2cccc(-c3ccc(C(=O)N4CCC(F)(F)C4)cc3)n2n1. The zero-order chi connectivity index (χ0) is 19.9. The average molecular weight is 387 g/mol. The van der Waals surface area contributed by atoms with Crippen molar-refractivity contribution in [2.45, 2.75) is 12.3 Å². The molecule has 0 unspecified atom stereocenters. The van der Waals surface area contributed by atoms with Crippen molar-refractivity contribution < 1.29 is 23.5 Å². The quantitative estimate of drug-likeness (QED) is 0.720. The highest BCUT2D eigenvalue weighted by Gasteiger charge is 2.40. The number of nitrogens with one attached hydrogen (secondary N) is 1. The maximum atomic E-state index is 13.3. The number of halogens is 2. The van der Waals surface area contributed by atoms with Gasteiger partial charge in [-0.1, -0.05) is 18.2 Å². The molecule has 0 atom stereocenters. The van der Waals surface area contributed by atoms with Gasteiger partial charge >= 0.3 is 6.09 Å². The molecule has 1 fully saturated rings. The van der Waals surface area contributed by atoms with Crippen molar-refractivity contribution in [3.63, 3.8) is 0 Å². The molecule has 2 aromatic heterocycles. The van der Waals surface area contributed by atoms with Crippen LogP contribution in [0.4, 0.5) is 19.5 Å². The van der Waals surface area contributed by atoms with Gasteiger partial charge in [0.2, 0.25) is 0 Å². The summed E-state index contributed by atoms with van der Waals surface area (Å²) in [6.07, 6.45) is -1.59. The van der Waals surface area contributed by atoms with Gasteiger partial charge in [-0.05, 0) is 24.3 Å². The molecule has 2 N–H and O–H groups in total. The van der Waals surface area contributed by atoms with E-state index in [1.165, 1.54) is 4.52 Å². The molecule has 0 radical (unpaired) electrons. The largest absolute Gasteiger partial charge is 0.465 e. The molecule has 144 valence electrons. The Labute approximate surface area is 157 Å². The van der Waals surface area contributed by atoms with Crippen LogP contribution in [-0.2, 0) is 0 Å². The Morgan fingerprint density at radius 2 is 1.89 bits per heavy atom. The second-order valence-corrected chi connectivity index (χ2v) is 6.46. The van der Waals surface area contributed by atoms with Crippen molar-refractivity contribution in [3.8, 4) is 11.3 Å². The summed E-state index contributed by atoms with van der Waals surface area (Å²) in [7, 11) is 0. The van der Waals surface area contributed by atoms with Crippen LogP contribution >= 0.6 is 0 Å². The topological polar surface area (TPSA) is 99.8 Å². The van der Waals surface area contributed by atoms with Gasteiger partial charge in [-0.3, -0.25) is 10.1 Å². The fraction of sp³-hybridized carbons (Fsp3) is 0.222. The Hall–Kier alpha value is -3.56. The maximum absolute atomic E-state index is 13.3. The first-order valence-electron chi connectivity index (χ1n) is 8.46. The van der Waals surface area contributed by atoms with E-state index < -0.39 is 24.5 Å². The number of hydrogen-bond acceptors (Lipinski definition) is 4. The summed E-state index contributed by atoms with van der Waals surface area (Å²) in [5, 5.41) is 15.0. The molecular formula is C18H15F2N5O3. The first kappa shape index (κ1) is 17.8. The van der Waals surface area contributed by atoms with Gasteiger partial charge in [-0.15, -0.1) is 5.10 Å². The van der Waals surface area contributed by atoms with Crippen molar-refractivity contribution in [2.75, 3.05) is 18.4 Å². The third-order valence-corrected chi connectivity index (χ3v) is 4.46. The van der Waals surface area contributed by atoms with Gasteiger partial charge in [0, 0.05) is 24.1 Å². The molecule has 1 aliphatic rings. The lowest BCUT2D eigenvalue weighted by Gasteiger charge is -2.16. The molecule has 0 bridgehead atoms. The van der Waals surface area contributed by atoms with Crippen LogP contribution in [0.3, 0.4) is 0 Å². The molecule has 1 aliphatic heterocycles. The molecular weight excluding hydrogens is 372 g/mol. The number of rotatable bonds is 3. The molecule has 0 spiro atoms. The number of nitrogens with zero attached hydrogens (tertiary/aromatic N) is 4. The second kappa shape index (κ2) is 6.55. The monoisotopic (exact) mass is 387 g/mol. The van der Waals surface area contributed by atoms with E-state index in [4.69, 9.17) is 5.11 Å². The van der Waals surface area contributed by atoms with Crippen LogP contribution in [-0.4, -0.2) is 55.6 Å². The molecule has 28 heavy (non-hydrogen) atoms.